The van der Waals surface area contributed by atoms with E-state index in [9.17, 15) is 23.9 Å². The minimum absolute atomic E-state index is 0.00966. The van der Waals surface area contributed by atoms with Crippen LogP contribution in [0.25, 0.3) is 0 Å². The summed E-state index contributed by atoms with van der Waals surface area (Å²) in [7, 11) is 0. The molecule has 0 unspecified atom stereocenters. The lowest BCUT2D eigenvalue weighted by atomic mass is 9.95. The van der Waals surface area contributed by atoms with Gasteiger partial charge in [-0.2, -0.15) is 0 Å². The minimum Gasteiger partial charge on any atom is -0.481 e. The van der Waals surface area contributed by atoms with Crippen LogP contribution in [0.4, 0.5) is 10.1 Å². The van der Waals surface area contributed by atoms with Crippen LogP contribution >= 0.6 is 0 Å². The minimum atomic E-state index is -1.21. The van der Waals surface area contributed by atoms with Crippen molar-refractivity contribution in [1.82, 2.24) is 0 Å². The van der Waals surface area contributed by atoms with E-state index < -0.39 is 23.6 Å². The van der Waals surface area contributed by atoms with E-state index in [1.807, 2.05) is 0 Å². The third-order valence-corrected chi connectivity index (χ3v) is 4.13. The molecule has 1 heterocycles. The molecule has 2 N–H and O–H groups in total. The monoisotopic (exact) mass is 373 g/mol. The van der Waals surface area contributed by atoms with E-state index in [0.717, 1.165) is 12.1 Å². The van der Waals surface area contributed by atoms with Crippen molar-refractivity contribution in [2.45, 2.75) is 19.3 Å². The first-order valence-corrected chi connectivity index (χ1v) is 8.08. The highest BCUT2D eigenvalue weighted by Gasteiger charge is 2.25. The Hall–Kier alpha value is -3.42. The van der Waals surface area contributed by atoms with Gasteiger partial charge in [0.2, 0.25) is 12.7 Å². The van der Waals surface area contributed by atoms with Gasteiger partial charge in [0, 0.05) is 18.1 Å². The standard InChI is InChI=1S/C19H16FNO6/c1-10(22)13-6-16-17(27-9-26-16)8-15(13)21-18(23)7-14(19(24)25)11-2-4-12(20)5-3-11/h2-6,8,14H,7,9H2,1H3,(H,21,23)(H,24,25)/t14-/m1/s1. The van der Waals surface area contributed by atoms with Crippen LogP contribution in [0.5, 0.6) is 11.5 Å². The Morgan fingerprint density at radius 3 is 2.37 bits per heavy atom. The molecule has 140 valence electrons. The maximum Gasteiger partial charge on any atom is 0.311 e. The smallest absolute Gasteiger partial charge is 0.311 e. The molecule has 0 fully saturated rings. The molecular weight excluding hydrogens is 357 g/mol. The maximum absolute atomic E-state index is 13.0. The second-order valence-corrected chi connectivity index (χ2v) is 6.00. The molecule has 1 aliphatic rings. The van der Waals surface area contributed by atoms with Crippen LogP contribution in [0.2, 0.25) is 0 Å². The van der Waals surface area contributed by atoms with Crippen molar-refractivity contribution in [2.75, 3.05) is 12.1 Å². The molecule has 0 radical (unpaired) electrons. The van der Waals surface area contributed by atoms with Gasteiger partial charge in [0.05, 0.1) is 11.6 Å². The van der Waals surface area contributed by atoms with Crippen LogP contribution in [0.1, 0.15) is 35.2 Å². The van der Waals surface area contributed by atoms with Crippen LogP contribution in [0.15, 0.2) is 36.4 Å². The number of Topliss-reactive ketones (excluding diaryl/α,β-unsaturated/α-hetero) is 1. The lowest BCUT2D eigenvalue weighted by molar-refractivity contribution is -0.140. The number of anilines is 1. The van der Waals surface area contributed by atoms with Gasteiger partial charge < -0.3 is 19.9 Å². The Balaban J connectivity index is 1.81. The summed E-state index contributed by atoms with van der Waals surface area (Å²) in [6.07, 6.45) is -0.382. The Morgan fingerprint density at radius 1 is 1.15 bits per heavy atom. The summed E-state index contributed by atoms with van der Waals surface area (Å²) in [6.45, 7) is 1.35. The number of carboxylic acids is 1. The topological polar surface area (TPSA) is 102 Å². The first-order chi connectivity index (χ1) is 12.8. The molecule has 2 aromatic rings. The van der Waals surface area contributed by atoms with Gasteiger partial charge in [-0.15, -0.1) is 0 Å². The number of carbonyl (C=O) groups excluding carboxylic acids is 2. The molecule has 3 rings (SSSR count). The number of hydrogen-bond acceptors (Lipinski definition) is 5. The van der Waals surface area contributed by atoms with Gasteiger partial charge in [0.25, 0.3) is 0 Å². The molecule has 7 nitrogen and oxygen atoms in total. The second kappa shape index (κ2) is 7.45. The van der Waals surface area contributed by atoms with Gasteiger partial charge in [-0.05, 0) is 30.7 Å². The molecule has 0 bridgehead atoms. The number of carbonyl (C=O) groups is 3. The summed E-state index contributed by atoms with van der Waals surface area (Å²) >= 11 is 0. The van der Waals surface area contributed by atoms with Gasteiger partial charge in [-0.25, -0.2) is 4.39 Å². The highest BCUT2D eigenvalue weighted by atomic mass is 19.1. The van der Waals surface area contributed by atoms with Crippen molar-refractivity contribution in [2.24, 2.45) is 0 Å². The van der Waals surface area contributed by atoms with Crippen LogP contribution in [-0.4, -0.2) is 29.6 Å². The van der Waals surface area contributed by atoms with E-state index >= 15 is 0 Å². The summed E-state index contributed by atoms with van der Waals surface area (Å²) in [6, 6.07) is 7.84. The molecule has 0 aliphatic carbocycles. The van der Waals surface area contributed by atoms with E-state index in [0.29, 0.717) is 17.1 Å². The Labute approximate surface area is 153 Å². The molecular formula is C19H16FNO6. The zero-order chi connectivity index (χ0) is 19.6. The fourth-order valence-corrected chi connectivity index (χ4v) is 2.77. The number of carboxylic acid groups (broad SMARTS) is 1. The molecule has 1 atom stereocenters. The van der Waals surface area contributed by atoms with E-state index in [1.54, 1.807) is 0 Å². The number of hydrogen-bond donors (Lipinski definition) is 2. The Bertz CT molecular complexity index is 909. The molecule has 0 saturated heterocycles. The van der Waals surface area contributed by atoms with Crippen LogP contribution in [0, 0.1) is 5.82 Å². The van der Waals surface area contributed by atoms with E-state index in [1.165, 1.54) is 31.2 Å². The largest absolute Gasteiger partial charge is 0.481 e. The van der Waals surface area contributed by atoms with Crippen molar-refractivity contribution in [3.05, 3.63) is 53.3 Å². The summed E-state index contributed by atoms with van der Waals surface area (Å²) in [4.78, 5) is 35.8. The number of aliphatic carboxylic acids is 1. The third-order valence-electron chi connectivity index (χ3n) is 4.13. The zero-order valence-corrected chi connectivity index (χ0v) is 14.3. The first-order valence-electron chi connectivity index (χ1n) is 8.08. The lowest BCUT2D eigenvalue weighted by Crippen LogP contribution is -2.21. The SMILES string of the molecule is CC(=O)c1cc2c(cc1NC(=O)C[C@@H](C(=O)O)c1ccc(F)cc1)OCO2. The molecule has 0 aromatic heterocycles. The van der Waals surface area contributed by atoms with Gasteiger partial charge in [-0.3, -0.25) is 14.4 Å². The lowest BCUT2D eigenvalue weighted by Gasteiger charge is -2.14. The Kier molecular flexibility index (Phi) is 5.07. The van der Waals surface area contributed by atoms with E-state index in [2.05, 4.69) is 5.32 Å². The average molecular weight is 373 g/mol. The molecule has 27 heavy (non-hydrogen) atoms. The van der Waals surface area contributed by atoms with Crippen LogP contribution < -0.4 is 14.8 Å². The van der Waals surface area contributed by atoms with Crippen LogP contribution in [-0.2, 0) is 9.59 Å². The van der Waals surface area contributed by atoms with Crippen molar-refractivity contribution in [3.63, 3.8) is 0 Å². The summed E-state index contributed by atoms with van der Waals surface area (Å²) in [5.41, 5.74) is 0.734. The van der Waals surface area contributed by atoms with E-state index in [-0.39, 0.29) is 30.2 Å². The number of amides is 1. The maximum atomic E-state index is 13.0. The number of ketones is 1. The number of rotatable bonds is 6. The van der Waals surface area contributed by atoms with Crippen molar-refractivity contribution in [1.29, 1.82) is 0 Å². The predicted octanol–water partition coefficient (Wildman–Crippen LogP) is 2.95. The van der Waals surface area contributed by atoms with E-state index in [4.69, 9.17) is 9.47 Å². The van der Waals surface area contributed by atoms with Crippen molar-refractivity contribution in [3.8, 4) is 11.5 Å². The van der Waals surface area contributed by atoms with Gasteiger partial charge in [0.15, 0.2) is 17.3 Å². The van der Waals surface area contributed by atoms with Crippen molar-refractivity contribution >= 4 is 23.3 Å². The third kappa shape index (κ3) is 4.05. The van der Waals surface area contributed by atoms with Gasteiger partial charge in [0.1, 0.15) is 5.82 Å². The second-order valence-electron chi connectivity index (χ2n) is 6.00. The summed E-state index contributed by atoms with van der Waals surface area (Å²) in [5, 5.41) is 12.0. The number of ether oxygens (including phenoxy) is 2. The number of halogens is 1. The average Bonchev–Trinajstić information content (AvgIpc) is 3.07. The quantitative estimate of drug-likeness (QED) is 0.755. The number of fused-ring (bicyclic) bond motifs is 1. The molecule has 8 heteroatoms. The number of benzene rings is 2. The molecule has 1 aliphatic heterocycles. The van der Waals surface area contributed by atoms with Gasteiger partial charge in [-0.1, -0.05) is 12.1 Å². The zero-order valence-electron chi connectivity index (χ0n) is 14.3. The fraction of sp³-hybridized carbons (Fsp3) is 0.211. The summed E-state index contributed by atoms with van der Waals surface area (Å²) < 4.78 is 23.5. The Morgan fingerprint density at radius 2 is 1.78 bits per heavy atom. The molecule has 0 spiro atoms. The number of nitrogens with one attached hydrogen (secondary N) is 1. The first kappa shape index (κ1) is 18.4. The van der Waals surface area contributed by atoms with Crippen molar-refractivity contribution < 1.29 is 33.4 Å². The summed E-state index contributed by atoms with van der Waals surface area (Å²) in [5.74, 6) is -2.99. The molecule has 1 amide bonds. The highest BCUT2D eigenvalue weighted by molar-refractivity contribution is 6.05. The normalized spacial score (nSPS) is 13.1. The molecule has 2 aromatic carbocycles. The fourth-order valence-electron chi connectivity index (χ4n) is 2.77. The highest BCUT2D eigenvalue weighted by Crippen LogP contribution is 2.37. The molecule has 0 saturated carbocycles. The van der Waals surface area contributed by atoms with Crippen LogP contribution in [0.3, 0.4) is 0 Å². The van der Waals surface area contributed by atoms with Gasteiger partial charge >= 0.3 is 5.97 Å². The predicted molar refractivity (Wildman–Crippen MR) is 92.6 cm³/mol.